The van der Waals surface area contributed by atoms with E-state index in [0.29, 0.717) is 6.04 Å². The number of piperazine rings is 1. The number of hydrogen-bond acceptors (Lipinski definition) is 3. The highest BCUT2D eigenvalue weighted by molar-refractivity contribution is 5.30. The summed E-state index contributed by atoms with van der Waals surface area (Å²) in [5.74, 6) is 0. The van der Waals surface area contributed by atoms with Crippen LogP contribution in [0.1, 0.15) is 35.8 Å². The molecule has 4 nitrogen and oxygen atoms in total. The van der Waals surface area contributed by atoms with Crippen molar-refractivity contribution in [3.63, 3.8) is 0 Å². The summed E-state index contributed by atoms with van der Waals surface area (Å²) in [7, 11) is 0. The number of aryl methyl sites for hydroxylation is 2. The zero-order valence-corrected chi connectivity index (χ0v) is 9.92. The third-order valence-electron chi connectivity index (χ3n) is 3.89. The van der Waals surface area contributed by atoms with Crippen LogP contribution in [0.25, 0.3) is 0 Å². The predicted octanol–water partition coefficient (Wildman–Crippen LogP) is 1.00. The average molecular weight is 220 g/mol. The standard InChI is InChI=1S/C12H20N4/c1-9-12-10(15-14-9)3-2-4-11(12)16-7-5-13-6-8-16/h11,13H,2-8H2,1H3,(H,14,15). The maximum atomic E-state index is 4.43. The fourth-order valence-corrected chi connectivity index (χ4v) is 3.09. The van der Waals surface area contributed by atoms with E-state index in [2.05, 4.69) is 27.3 Å². The van der Waals surface area contributed by atoms with E-state index in [9.17, 15) is 0 Å². The monoisotopic (exact) mass is 220 g/mol. The van der Waals surface area contributed by atoms with Gasteiger partial charge in [0.15, 0.2) is 0 Å². The van der Waals surface area contributed by atoms with Gasteiger partial charge in [0.2, 0.25) is 0 Å². The predicted molar refractivity (Wildman–Crippen MR) is 63.4 cm³/mol. The smallest absolute Gasteiger partial charge is 0.0672 e. The summed E-state index contributed by atoms with van der Waals surface area (Å²) in [5, 5.41) is 11.0. The second kappa shape index (κ2) is 4.18. The molecule has 0 aromatic carbocycles. The molecule has 1 aromatic heterocycles. The lowest BCUT2D eigenvalue weighted by Gasteiger charge is -2.37. The Morgan fingerprint density at radius 3 is 2.94 bits per heavy atom. The Morgan fingerprint density at radius 2 is 2.12 bits per heavy atom. The first kappa shape index (κ1) is 10.3. The van der Waals surface area contributed by atoms with E-state index >= 15 is 0 Å². The molecule has 3 rings (SSSR count). The van der Waals surface area contributed by atoms with Crippen LogP contribution < -0.4 is 5.32 Å². The van der Waals surface area contributed by atoms with Gasteiger partial charge < -0.3 is 5.32 Å². The van der Waals surface area contributed by atoms with Gasteiger partial charge in [-0.3, -0.25) is 10.00 Å². The molecule has 4 heteroatoms. The van der Waals surface area contributed by atoms with Crippen LogP contribution in [-0.4, -0.2) is 41.3 Å². The number of rotatable bonds is 1. The Balaban J connectivity index is 1.88. The van der Waals surface area contributed by atoms with E-state index in [0.717, 1.165) is 19.5 Å². The van der Waals surface area contributed by atoms with Crippen molar-refractivity contribution in [2.24, 2.45) is 0 Å². The summed E-state index contributed by atoms with van der Waals surface area (Å²) >= 11 is 0. The number of aromatic nitrogens is 2. The van der Waals surface area contributed by atoms with E-state index < -0.39 is 0 Å². The summed E-state index contributed by atoms with van der Waals surface area (Å²) < 4.78 is 0. The molecule has 1 aliphatic carbocycles. The van der Waals surface area contributed by atoms with Crippen LogP contribution >= 0.6 is 0 Å². The summed E-state index contributed by atoms with van der Waals surface area (Å²) in [4.78, 5) is 2.62. The van der Waals surface area contributed by atoms with Gasteiger partial charge in [-0.2, -0.15) is 5.10 Å². The zero-order valence-electron chi connectivity index (χ0n) is 9.92. The normalized spacial score (nSPS) is 26.7. The Bertz CT molecular complexity index is 365. The molecule has 0 radical (unpaired) electrons. The second-order valence-electron chi connectivity index (χ2n) is 4.90. The minimum absolute atomic E-state index is 0.615. The van der Waals surface area contributed by atoms with Crippen molar-refractivity contribution in [2.75, 3.05) is 26.2 Å². The first-order valence-corrected chi connectivity index (χ1v) is 6.35. The van der Waals surface area contributed by atoms with Gasteiger partial charge in [-0.1, -0.05) is 0 Å². The molecular formula is C12H20N4. The highest BCUT2D eigenvalue weighted by Crippen LogP contribution is 2.35. The summed E-state index contributed by atoms with van der Waals surface area (Å²) in [6.07, 6.45) is 3.74. The summed E-state index contributed by atoms with van der Waals surface area (Å²) in [5.41, 5.74) is 4.08. The lowest BCUT2D eigenvalue weighted by Crippen LogP contribution is -2.45. The molecule has 2 N–H and O–H groups in total. The second-order valence-corrected chi connectivity index (χ2v) is 4.90. The number of fused-ring (bicyclic) bond motifs is 1. The van der Waals surface area contributed by atoms with E-state index in [1.807, 2.05) is 0 Å². The van der Waals surface area contributed by atoms with Gasteiger partial charge in [0.25, 0.3) is 0 Å². The fourth-order valence-electron chi connectivity index (χ4n) is 3.09. The van der Waals surface area contributed by atoms with Gasteiger partial charge in [0.05, 0.1) is 5.69 Å². The molecule has 1 unspecified atom stereocenters. The third-order valence-corrected chi connectivity index (χ3v) is 3.89. The lowest BCUT2D eigenvalue weighted by molar-refractivity contribution is 0.157. The molecule has 0 amide bonds. The topological polar surface area (TPSA) is 44.0 Å². The first-order chi connectivity index (χ1) is 7.86. The molecule has 2 heterocycles. The van der Waals surface area contributed by atoms with Crippen molar-refractivity contribution >= 4 is 0 Å². The van der Waals surface area contributed by atoms with Crippen LogP contribution in [0.2, 0.25) is 0 Å². The molecule has 1 fully saturated rings. The van der Waals surface area contributed by atoms with Crippen molar-refractivity contribution in [3.05, 3.63) is 17.0 Å². The van der Waals surface area contributed by atoms with E-state index in [4.69, 9.17) is 0 Å². The highest BCUT2D eigenvalue weighted by atomic mass is 15.2. The molecule has 1 aliphatic heterocycles. The molecule has 0 saturated carbocycles. The van der Waals surface area contributed by atoms with Crippen LogP contribution in [0.4, 0.5) is 0 Å². The van der Waals surface area contributed by atoms with Gasteiger partial charge in [-0.25, -0.2) is 0 Å². The SMILES string of the molecule is Cc1[nH]nc2c1C(N1CCNCC1)CCC2. The number of nitrogens with zero attached hydrogens (tertiary/aromatic N) is 2. The molecule has 0 bridgehead atoms. The van der Waals surface area contributed by atoms with Crippen LogP contribution in [-0.2, 0) is 6.42 Å². The van der Waals surface area contributed by atoms with Crippen molar-refractivity contribution < 1.29 is 0 Å². The van der Waals surface area contributed by atoms with E-state index in [-0.39, 0.29) is 0 Å². The molecule has 1 aromatic rings. The van der Waals surface area contributed by atoms with Crippen molar-refractivity contribution in [1.82, 2.24) is 20.4 Å². The number of aromatic amines is 1. The number of H-pyrrole nitrogens is 1. The molecule has 88 valence electrons. The molecule has 1 saturated heterocycles. The van der Waals surface area contributed by atoms with Crippen molar-refractivity contribution in [3.8, 4) is 0 Å². The van der Waals surface area contributed by atoms with Crippen molar-refractivity contribution in [1.29, 1.82) is 0 Å². The Kier molecular flexibility index (Phi) is 2.69. The van der Waals surface area contributed by atoms with Gasteiger partial charge in [0, 0.05) is 43.5 Å². The first-order valence-electron chi connectivity index (χ1n) is 6.35. The molecule has 2 aliphatic rings. The summed E-state index contributed by atoms with van der Waals surface area (Å²) in [6, 6.07) is 0.615. The van der Waals surface area contributed by atoms with Crippen molar-refractivity contribution in [2.45, 2.75) is 32.2 Å². The molecule has 0 spiro atoms. The van der Waals surface area contributed by atoms with Crippen LogP contribution in [0.15, 0.2) is 0 Å². The Labute approximate surface area is 96.4 Å². The maximum Gasteiger partial charge on any atom is 0.0672 e. The fraction of sp³-hybridized carbons (Fsp3) is 0.750. The molecular weight excluding hydrogens is 200 g/mol. The minimum Gasteiger partial charge on any atom is -0.314 e. The van der Waals surface area contributed by atoms with Crippen LogP contribution in [0.3, 0.4) is 0 Å². The van der Waals surface area contributed by atoms with Crippen LogP contribution in [0, 0.1) is 6.92 Å². The molecule has 16 heavy (non-hydrogen) atoms. The molecule has 1 atom stereocenters. The van der Waals surface area contributed by atoms with Gasteiger partial charge in [-0.05, 0) is 26.2 Å². The number of hydrogen-bond donors (Lipinski definition) is 2. The summed E-state index contributed by atoms with van der Waals surface area (Å²) in [6.45, 7) is 6.77. The quantitative estimate of drug-likeness (QED) is 0.742. The Hall–Kier alpha value is -0.870. The Morgan fingerprint density at radius 1 is 1.31 bits per heavy atom. The average Bonchev–Trinajstić information content (AvgIpc) is 2.73. The lowest BCUT2D eigenvalue weighted by atomic mass is 9.89. The zero-order chi connectivity index (χ0) is 11.0. The van der Waals surface area contributed by atoms with Gasteiger partial charge >= 0.3 is 0 Å². The van der Waals surface area contributed by atoms with Gasteiger partial charge in [-0.15, -0.1) is 0 Å². The number of nitrogens with one attached hydrogen (secondary N) is 2. The minimum atomic E-state index is 0.615. The maximum absolute atomic E-state index is 4.43. The van der Waals surface area contributed by atoms with Gasteiger partial charge in [0.1, 0.15) is 0 Å². The highest BCUT2D eigenvalue weighted by Gasteiger charge is 2.29. The van der Waals surface area contributed by atoms with E-state index in [1.54, 1.807) is 0 Å². The third kappa shape index (κ3) is 1.66. The van der Waals surface area contributed by atoms with E-state index in [1.165, 1.54) is 42.9 Å². The van der Waals surface area contributed by atoms with Crippen LogP contribution in [0.5, 0.6) is 0 Å². The largest absolute Gasteiger partial charge is 0.314 e.